The van der Waals surface area contributed by atoms with Gasteiger partial charge in [-0.25, -0.2) is 4.39 Å². The highest BCUT2D eigenvalue weighted by Gasteiger charge is 2.37. The standard InChI is InChI=1S/C29H25ClF4N2O/c1-28(2,36)18-8-6-15(7-9-18)19-10-16-11-20-21(12-17(16)13-24(19)31)25(35)14-22(20)27-23(30)4-3-5-26(27)37-29(32,33)34/h3-13,22,25H,14,35-36H2,1-2H3. The van der Waals surface area contributed by atoms with E-state index in [0.29, 0.717) is 22.9 Å². The molecule has 4 aromatic rings. The molecule has 3 nitrogen and oxygen atoms in total. The summed E-state index contributed by atoms with van der Waals surface area (Å²) < 4.78 is 58.9. The highest BCUT2D eigenvalue weighted by molar-refractivity contribution is 6.31. The number of halogens is 5. The van der Waals surface area contributed by atoms with Crippen molar-refractivity contribution >= 4 is 22.4 Å². The molecule has 4 N–H and O–H groups in total. The second kappa shape index (κ2) is 9.01. The van der Waals surface area contributed by atoms with Crippen LogP contribution >= 0.6 is 11.6 Å². The Bertz CT molecular complexity index is 1490. The van der Waals surface area contributed by atoms with Gasteiger partial charge in [-0.1, -0.05) is 48.0 Å². The third kappa shape index (κ3) is 4.91. The van der Waals surface area contributed by atoms with Crippen LogP contribution in [0, 0.1) is 5.82 Å². The Hall–Kier alpha value is -3.13. The summed E-state index contributed by atoms with van der Waals surface area (Å²) in [6.45, 7) is 3.79. The number of ether oxygens (including phenoxy) is 1. The first-order valence-corrected chi connectivity index (χ1v) is 12.2. The van der Waals surface area contributed by atoms with Crippen LogP contribution in [0.25, 0.3) is 21.9 Å². The molecule has 1 aliphatic carbocycles. The number of rotatable bonds is 4. The maximum Gasteiger partial charge on any atom is 0.573 e. The van der Waals surface area contributed by atoms with Gasteiger partial charge in [0, 0.05) is 33.6 Å². The first-order valence-electron chi connectivity index (χ1n) is 11.8. The van der Waals surface area contributed by atoms with Gasteiger partial charge >= 0.3 is 6.36 Å². The molecule has 8 heteroatoms. The van der Waals surface area contributed by atoms with Crippen molar-refractivity contribution in [1.29, 1.82) is 0 Å². The van der Waals surface area contributed by atoms with Gasteiger partial charge < -0.3 is 16.2 Å². The summed E-state index contributed by atoms with van der Waals surface area (Å²) in [5.41, 5.74) is 15.8. The normalized spacial score (nSPS) is 17.8. The Labute approximate surface area is 217 Å². The first kappa shape index (κ1) is 25.5. The minimum Gasteiger partial charge on any atom is -0.405 e. The molecule has 0 aliphatic heterocycles. The molecule has 0 aromatic heterocycles. The maximum atomic E-state index is 15.2. The summed E-state index contributed by atoms with van der Waals surface area (Å²) in [6.07, 6.45) is -4.53. The fraction of sp³-hybridized carbons (Fsp3) is 0.241. The van der Waals surface area contributed by atoms with Gasteiger partial charge in [0.05, 0.1) is 0 Å². The van der Waals surface area contributed by atoms with Crippen LogP contribution in [-0.2, 0) is 5.54 Å². The summed E-state index contributed by atoms with van der Waals surface area (Å²) >= 11 is 6.39. The molecule has 0 radical (unpaired) electrons. The van der Waals surface area contributed by atoms with E-state index in [2.05, 4.69) is 4.74 Å². The zero-order valence-corrected chi connectivity index (χ0v) is 20.9. The van der Waals surface area contributed by atoms with Crippen molar-refractivity contribution in [2.75, 3.05) is 0 Å². The van der Waals surface area contributed by atoms with Crippen molar-refractivity contribution in [3.63, 3.8) is 0 Å². The SMILES string of the molecule is CC(C)(N)c1ccc(-c2cc3cc4c(cc3cc2F)C(N)CC4c2c(Cl)cccc2OC(F)(F)F)cc1. The average Bonchev–Trinajstić information content (AvgIpc) is 3.11. The molecule has 0 saturated carbocycles. The van der Waals surface area contributed by atoms with Crippen LogP contribution < -0.4 is 16.2 Å². The van der Waals surface area contributed by atoms with Crippen LogP contribution in [0.15, 0.2) is 66.7 Å². The minimum absolute atomic E-state index is 0.162. The van der Waals surface area contributed by atoms with Gasteiger partial charge in [-0.3, -0.25) is 0 Å². The Morgan fingerprint density at radius 2 is 1.57 bits per heavy atom. The fourth-order valence-corrected chi connectivity index (χ4v) is 5.43. The molecule has 5 rings (SSSR count). The topological polar surface area (TPSA) is 61.3 Å². The van der Waals surface area contributed by atoms with Crippen LogP contribution in [-0.4, -0.2) is 6.36 Å². The van der Waals surface area contributed by atoms with E-state index in [1.165, 1.54) is 24.3 Å². The third-order valence-corrected chi connectivity index (χ3v) is 7.25. The van der Waals surface area contributed by atoms with E-state index >= 15 is 4.39 Å². The van der Waals surface area contributed by atoms with Crippen LogP contribution in [0.5, 0.6) is 5.75 Å². The summed E-state index contributed by atoms with van der Waals surface area (Å²) in [6, 6.07) is 18.0. The Morgan fingerprint density at radius 3 is 2.22 bits per heavy atom. The van der Waals surface area contributed by atoms with E-state index in [0.717, 1.165) is 22.1 Å². The van der Waals surface area contributed by atoms with Crippen LogP contribution in [0.3, 0.4) is 0 Å². The van der Waals surface area contributed by atoms with Crippen LogP contribution in [0.4, 0.5) is 17.6 Å². The largest absolute Gasteiger partial charge is 0.573 e. The number of fused-ring (bicyclic) bond motifs is 2. The lowest BCUT2D eigenvalue weighted by molar-refractivity contribution is -0.274. The highest BCUT2D eigenvalue weighted by Crippen LogP contribution is 2.50. The lowest BCUT2D eigenvalue weighted by atomic mass is 9.89. The lowest BCUT2D eigenvalue weighted by Gasteiger charge is -2.20. The molecule has 2 atom stereocenters. The maximum absolute atomic E-state index is 15.2. The van der Waals surface area contributed by atoms with Crippen LogP contribution in [0.2, 0.25) is 5.02 Å². The number of hydrogen-bond acceptors (Lipinski definition) is 3. The highest BCUT2D eigenvalue weighted by atomic mass is 35.5. The number of alkyl halides is 3. The molecule has 2 unspecified atom stereocenters. The molecule has 0 spiro atoms. The number of benzene rings is 4. The van der Waals surface area contributed by atoms with E-state index in [9.17, 15) is 13.2 Å². The summed E-state index contributed by atoms with van der Waals surface area (Å²) in [5, 5.41) is 1.55. The molecule has 0 amide bonds. The zero-order chi connectivity index (χ0) is 26.7. The molecule has 0 heterocycles. The van der Waals surface area contributed by atoms with E-state index in [-0.39, 0.29) is 22.2 Å². The smallest absolute Gasteiger partial charge is 0.405 e. The molecular weight excluding hydrogens is 504 g/mol. The second-order valence-corrected chi connectivity index (χ2v) is 10.5. The minimum atomic E-state index is -4.87. The number of nitrogens with two attached hydrogens (primary N) is 2. The molecular formula is C29H25ClF4N2O. The van der Waals surface area contributed by atoms with Crippen molar-refractivity contribution < 1.29 is 22.3 Å². The van der Waals surface area contributed by atoms with Gasteiger partial charge in [-0.2, -0.15) is 0 Å². The molecule has 0 saturated heterocycles. The van der Waals surface area contributed by atoms with Gasteiger partial charge in [0.15, 0.2) is 0 Å². The van der Waals surface area contributed by atoms with Gasteiger partial charge in [0.1, 0.15) is 11.6 Å². The quantitative estimate of drug-likeness (QED) is 0.264. The summed E-state index contributed by atoms with van der Waals surface area (Å²) in [4.78, 5) is 0. The summed E-state index contributed by atoms with van der Waals surface area (Å²) in [5.74, 6) is -1.25. The van der Waals surface area contributed by atoms with Crippen molar-refractivity contribution in [3.8, 4) is 16.9 Å². The van der Waals surface area contributed by atoms with E-state index in [1.54, 1.807) is 6.07 Å². The predicted molar refractivity (Wildman–Crippen MR) is 138 cm³/mol. The zero-order valence-electron chi connectivity index (χ0n) is 20.2. The van der Waals surface area contributed by atoms with E-state index < -0.39 is 23.9 Å². The lowest BCUT2D eigenvalue weighted by Crippen LogP contribution is -2.28. The Kier molecular flexibility index (Phi) is 6.21. The van der Waals surface area contributed by atoms with Gasteiger partial charge in [0.2, 0.25) is 0 Å². The van der Waals surface area contributed by atoms with Crippen molar-refractivity contribution in [2.24, 2.45) is 11.5 Å². The molecule has 1 aliphatic rings. The van der Waals surface area contributed by atoms with E-state index in [1.807, 2.05) is 50.2 Å². The molecule has 0 fully saturated rings. The molecule has 192 valence electrons. The van der Waals surface area contributed by atoms with Gasteiger partial charge in [0.25, 0.3) is 0 Å². The third-order valence-electron chi connectivity index (χ3n) is 6.92. The van der Waals surface area contributed by atoms with Crippen molar-refractivity contribution in [2.45, 2.75) is 44.1 Å². The fourth-order valence-electron chi connectivity index (χ4n) is 5.13. The van der Waals surface area contributed by atoms with Crippen molar-refractivity contribution in [3.05, 3.63) is 99.8 Å². The Morgan fingerprint density at radius 1 is 0.919 bits per heavy atom. The first-order chi connectivity index (χ1) is 17.3. The van der Waals surface area contributed by atoms with Gasteiger partial charge in [-0.15, -0.1) is 13.2 Å². The second-order valence-electron chi connectivity index (χ2n) is 10.1. The molecule has 0 bridgehead atoms. The molecule has 4 aromatic carbocycles. The van der Waals surface area contributed by atoms with Gasteiger partial charge in [-0.05, 0) is 83.6 Å². The van der Waals surface area contributed by atoms with Crippen molar-refractivity contribution in [1.82, 2.24) is 0 Å². The number of hydrogen-bond donors (Lipinski definition) is 2. The Balaban J connectivity index is 1.62. The monoisotopic (exact) mass is 528 g/mol. The van der Waals surface area contributed by atoms with Crippen LogP contribution in [0.1, 0.15) is 54.5 Å². The molecule has 37 heavy (non-hydrogen) atoms. The predicted octanol–water partition coefficient (Wildman–Crippen LogP) is 7.93. The van der Waals surface area contributed by atoms with E-state index in [4.69, 9.17) is 23.1 Å². The summed E-state index contributed by atoms with van der Waals surface area (Å²) in [7, 11) is 0. The average molecular weight is 529 g/mol.